The van der Waals surface area contributed by atoms with E-state index in [1.54, 1.807) is 13.1 Å². The fraction of sp³-hybridized carbons (Fsp3) is 0.393. The molecule has 1 amide bonds. The Bertz CT molecular complexity index is 1530. The summed E-state index contributed by atoms with van der Waals surface area (Å²) in [5.41, 5.74) is -1.54. The Hall–Kier alpha value is -3.97. The van der Waals surface area contributed by atoms with Gasteiger partial charge in [-0.25, -0.2) is 9.37 Å². The number of pyridine rings is 1. The Balaban J connectivity index is 1.47. The van der Waals surface area contributed by atoms with Gasteiger partial charge in [0.2, 0.25) is 5.56 Å². The topological polar surface area (TPSA) is 106 Å². The van der Waals surface area contributed by atoms with Gasteiger partial charge in [-0.1, -0.05) is 6.08 Å². The number of carbonyl (C=O) groups excluding carboxylic acids is 1. The predicted octanol–water partition coefficient (Wildman–Crippen LogP) is 4.17. The first-order valence-corrected chi connectivity index (χ1v) is 13.2. The van der Waals surface area contributed by atoms with E-state index in [-0.39, 0.29) is 17.3 Å². The van der Waals surface area contributed by atoms with Crippen LogP contribution in [0.15, 0.2) is 45.9 Å². The van der Waals surface area contributed by atoms with Crippen molar-refractivity contribution >= 4 is 22.9 Å². The molecule has 0 bridgehead atoms. The Kier molecular flexibility index (Phi) is 8.00. The highest BCUT2D eigenvalue weighted by atomic mass is 19.4. The van der Waals surface area contributed by atoms with Crippen LogP contribution in [0.4, 0.5) is 28.9 Å². The minimum Gasteiger partial charge on any atom is -0.445 e. The highest BCUT2D eigenvalue weighted by molar-refractivity contribution is 6.07. The molecule has 1 atom stereocenters. The normalized spacial score (nSPS) is 18.3. The summed E-state index contributed by atoms with van der Waals surface area (Å²) in [5, 5.41) is 5.87. The van der Waals surface area contributed by atoms with Crippen LogP contribution >= 0.6 is 0 Å². The molecule has 2 aliphatic heterocycles. The number of halogens is 4. The molecule has 9 nitrogen and oxygen atoms in total. The van der Waals surface area contributed by atoms with Crippen molar-refractivity contribution in [2.24, 2.45) is 0 Å². The summed E-state index contributed by atoms with van der Waals surface area (Å²) >= 11 is 0. The van der Waals surface area contributed by atoms with E-state index >= 15 is 4.39 Å². The van der Waals surface area contributed by atoms with Crippen LogP contribution in [0, 0.1) is 12.7 Å². The number of rotatable bonds is 6. The number of aromatic nitrogens is 2. The van der Waals surface area contributed by atoms with E-state index in [2.05, 4.69) is 25.5 Å². The van der Waals surface area contributed by atoms with E-state index < -0.39 is 34.6 Å². The van der Waals surface area contributed by atoms with Crippen LogP contribution in [0.1, 0.15) is 46.5 Å². The Labute approximate surface area is 233 Å². The fourth-order valence-corrected chi connectivity index (χ4v) is 5.20. The Morgan fingerprint density at radius 2 is 2.05 bits per heavy atom. The van der Waals surface area contributed by atoms with Gasteiger partial charge in [-0.05, 0) is 31.1 Å². The van der Waals surface area contributed by atoms with Gasteiger partial charge in [-0.2, -0.15) is 13.2 Å². The fourth-order valence-electron chi connectivity index (χ4n) is 5.20. The molecule has 1 saturated heterocycles. The first-order chi connectivity index (χ1) is 19.5. The van der Waals surface area contributed by atoms with Gasteiger partial charge in [0.1, 0.15) is 11.6 Å². The molecule has 1 fully saturated rings. The van der Waals surface area contributed by atoms with Crippen molar-refractivity contribution < 1.29 is 26.8 Å². The van der Waals surface area contributed by atoms with Crippen molar-refractivity contribution in [2.45, 2.75) is 39.0 Å². The lowest BCUT2D eigenvalue weighted by atomic mass is 9.97. The molecular weight excluding hydrogens is 544 g/mol. The van der Waals surface area contributed by atoms with Crippen molar-refractivity contribution in [3.63, 3.8) is 0 Å². The van der Waals surface area contributed by atoms with Crippen LogP contribution in [0.3, 0.4) is 0 Å². The van der Waals surface area contributed by atoms with Crippen molar-refractivity contribution in [2.75, 3.05) is 42.9 Å². The number of nitrogens with zero attached hydrogens (tertiary/aromatic N) is 3. The van der Waals surface area contributed by atoms with E-state index in [9.17, 15) is 22.8 Å². The molecule has 218 valence electrons. The second-order valence-corrected chi connectivity index (χ2v) is 10.3. The Morgan fingerprint density at radius 1 is 1.24 bits per heavy atom. The maximum Gasteiger partial charge on any atom is 0.417 e. The maximum atomic E-state index is 15.6. The second kappa shape index (κ2) is 11.5. The summed E-state index contributed by atoms with van der Waals surface area (Å²) in [6.07, 6.45) is -0.0985. The number of oxazole rings is 1. The number of hydrogen-bond acceptors (Lipinski definition) is 7. The van der Waals surface area contributed by atoms with Crippen molar-refractivity contribution in [3.8, 4) is 0 Å². The zero-order valence-corrected chi connectivity index (χ0v) is 22.6. The molecule has 5 rings (SSSR count). The van der Waals surface area contributed by atoms with Gasteiger partial charge < -0.3 is 24.9 Å². The van der Waals surface area contributed by atoms with E-state index in [1.165, 1.54) is 12.1 Å². The smallest absolute Gasteiger partial charge is 0.417 e. The number of aryl methyl sites for hydroxylation is 1. The molecule has 2 aromatic heterocycles. The highest BCUT2D eigenvalue weighted by Crippen LogP contribution is 2.36. The first-order valence-electron chi connectivity index (χ1n) is 13.2. The molecule has 0 aliphatic carbocycles. The molecule has 0 unspecified atom stereocenters. The van der Waals surface area contributed by atoms with E-state index in [4.69, 9.17) is 4.42 Å². The van der Waals surface area contributed by atoms with Gasteiger partial charge in [-0.15, -0.1) is 0 Å². The van der Waals surface area contributed by atoms with Crippen LogP contribution in [0.2, 0.25) is 0 Å². The zero-order chi connectivity index (χ0) is 29.3. The van der Waals surface area contributed by atoms with Crippen molar-refractivity contribution in [1.82, 2.24) is 20.2 Å². The molecule has 13 heteroatoms. The molecular formula is C28H30F4N6O3. The molecule has 0 spiro atoms. The molecule has 0 radical (unpaired) electrons. The largest absolute Gasteiger partial charge is 0.445 e. The minimum atomic E-state index is -4.92. The summed E-state index contributed by atoms with van der Waals surface area (Å²) in [6, 6.07) is 3.23. The van der Waals surface area contributed by atoms with Gasteiger partial charge in [-0.3, -0.25) is 14.5 Å². The third-order valence-corrected chi connectivity index (χ3v) is 7.21. The predicted molar refractivity (Wildman–Crippen MR) is 145 cm³/mol. The highest BCUT2D eigenvalue weighted by Gasteiger charge is 2.36. The van der Waals surface area contributed by atoms with Crippen LogP contribution < -0.4 is 21.1 Å². The minimum absolute atomic E-state index is 0.0752. The average Bonchev–Trinajstić information content (AvgIpc) is 3.33. The van der Waals surface area contributed by atoms with Gasteiger partial charge in [0.25, 0.3) is 5.91 Å². The zero-order valence-electron chi connectivity index (χ0n) is 22.6. The summed E-state index contributed by atoms with van der Waals surface area (Å²) in [5.74, 6) is -0.254. The number of anilines is 2. The summed E-state index contributed by atoms with van der Waals surface area (Å²) in [4.78, 5) is 35.0. The molecule has 41 heavy (non-hydrogen) atoms. The van der Waals surface area contributed by atoms with Crippen molar-refractivity contribution in [3.05, 3.63) is 81.2 Å². The number of nitrogens with one attached hydrogen (secondary N) is 3. The number of carbonyl (C=O) groups is 1. The van der Waals surface area contributed by atoms with E-state index in [1.807, 2.05) is 17.9 Å². The number of H-pyrrole nitrogens is 1. The molecule has 3 N–H and O–H groups in total. The lowest BCUT2D eigenvalue weighted by Crippen LogP contribution is -2.49. The lowest BCUT2D eigenvalue weighted by Gasteiger charge is -2.35. The number of piperazine rings is 1. The van der Waals surface area contributed by atoms with E-state index in [0.717, 1.165) is 17.5 Å². The third kappa shape index (κ3) is 6.51. The Morgan fingerprint density at radius 3 is 2.71 bits per heavy atom. The van der Waals surface area contributed by atoms with Crippen molar-refractivity contribution in [1.29, 1.82) is 0 Å². The first kappa shape index (κ1) is 28.6. The molecule has 4 heterocycles. The third-order valence-electron chi connectivity index (χ3n) is 7.21. The van der Waals surface area contributed by atoms with E-state index in [0.29, 0.717) is 63.3 Å². The number of aromatic amines is 1. The quantitative estimate of drug-likeness (QED) is 0.380. The molecule has 2 aliphatic rings. The van der Waals surface area contributed by atoms with Gasteiger partial charge in [0.15, 0.2) is 5.89 Å². The lowest BCUT2D eigenvalue weighted by molar-refractivity contribution is -0.138. The standard InChI is InChI=1S/C28H30F4N6O3/c1-16-14-38(8-5-33-16)25-11-23(29)20(18-3-6-37(7-4-18)15-19-12-34-17(2)41-19)9-24(25)36-27(40)21-13-35-26(39)10-22(21)28(30,31)32/h3,9-13,16,33H,4-8,14-15H2,1-2H3,(H,35,39)(H,36,40)/t16-/m0/s1. The number of hydrogen-bond donors (Lipinski definition) is 3. The molecule has 1 aromatic carbocycles. The molecule has 0 saturated carbocycles. The van der Waals surface area contributed by atoms with Gasteiger partial charge >= 0.3 is 6.18 Å². The van der Waals surface area contributed by atoms with Gasteiger partial charge in [0.05, 0.1) is 35.2 Å². The second-order valence-electron chi connectivity index (χ2n) is 10.3. The number of alkyl halides is 3. The average molecular weight is 575 g/mol. The maximum absolute atomic E-state index is 15.6. The van der Waals surface area contributed by atoms with Crippen LogP contribution in [-0.2, 0) is 12.7 Å². The summed E-state index contributed by atoms with van der Waals surface area (Å²) < 4.78 is 62.1. The number of benzene rings is 1. The van der Waals surface area contributed by atoms with Gasteiger partial charge in [0, 0.05) is 63.5 Å². The van der Waals surface area contributed by atoms with Crippen LogP contribution in [0.5, 0.6) is 0 Å². The van der Waals surface area contributed by atoms with Crippen LogP contribution in [0.25, 0.3) is 5.57 Å². The molecule has 3 aromatic rings. The number of amides is 1. The summed E-state index contributed by atoms with van der Waals surface area (Å²) in [6.45, 7) is 7.06. The summed E-state index contributed by atoms with van der Waals surface area (Å²) in [7, 11) is 0. The van der Waals surface area contributed by atoms with Crippen LogP contribution in [-0.4, -0.2) is 59.5 Å². The SMILES string of the molecule is Cc1ncc(CN2CC=C(c3cc(NC(=O)c4c[nH]c(=O)cc4C(F)(F)F)c(N4CCN[C@@H](C)C4)cc3F)CC2)o1. The monoisotopic (exact) mass is 574 g/mol.